The first-order valence-electron chi connectivity index (χ1n) is 15.0. The molecule has 5 heteroatoms. The summed E-state index contributed by atoms with van der Waals surface area (Å²) in [5.41, 5.74) is 4.01. The topological polar surface area (TPSA) is 18.8 Å². The van der Waals surface area contributed by atoms with E-state index in [4.69, 9.17) is 4.99 Å². The van der Waals surface area contributed by atoms with Crippen LogP contribution in [0.25, 0.3) is 0 Å². The lowest BCUT2D eigenvalue weighted by Crippen LogP contribution is -2.35. The number of hydrogen-bond donors (Lipinski definition) is 0. The summed E-state index contributed by atoms with van der Waals surface area (Å²) in [5, 5.41) is 1.25. The number of unbranched alkanes of at least 4 members (excludes halogenated alkanes) is 8. The Labute approximate surface area is 241 Å². The van der Waals surface area contributed by atoms with Crippen LogP contribution < -0.4 is 15.2 Å². The van der Waals surface area contributed by atoms with E-state index in [0.717, 1.165) is 31.9 Å². The van der Waals surface area contributed by atoms with Crippen molar-refractivity contribution in [2.24, 2.45) is 4.99 Å². The summed E-state index contributed by atoms with van der Waals surface area (Å²) in [5.74, 6) is 0. The number of para-hydroxylation sites is 1. The lowest BCUT2D eigenvalue weighted by atomic mass is 10.1. The van der Waals surface area contributed by atoms with Gasteiger partial charge in [-0.2, -0.15) is 0 Å². The number of anilines is 2. The summed E-state index contributed by atoms with van der Waals surface area (Å²) < 4.78 is 1.41. The van der Waals surface area contributed by atoms with Gasteiger partial charge in [0.15, 0.2) is 0 Å². The first-order chi connectivity index (χ1) is 18.2. The second kappa shape index (κ2) is 16.8. The van der Waals surface area contributed by atoms with Gasteiger partial charge in [0.05, 0.1) is 17.1 Å². The van der Waals surface area contributed by atoms with Crippen molar-refractivity contribution in [3.05, 3.63) is 46.3 Å². The molecule has 2 aromatic rings. The van der Waals surface area contributed by atoms with Crippen LogP contribution in [0.3, 0.4) is 0 Å². The highest BCUT2D eigenvalue weighted by Crippen LogP contribution is 2.45. The second-order valence-electron chi connectivity index (χ2n) is 10.4. The van der Waals surface area contributed by atoms with Crippen molar-refractivity contribution in [1.82, 2.24) is 0 Å². The zero-order valence-corrected chi connectivity index (χ0v) is 26.9. The van der Waals surface area contributed by atoms with Gasteiger partial charge in [0, 0.05) is 35.6 Å². The van der Waals surface area contributed by atoms with E-state index in [1.54, 1.807) is 0 Å². The van der Waals surface area contributed by atoms with E-state index in [0.29, 0.717) is 0 Å². The maximum Gasteiger partial charge on any atom is 0.103 e. The standard InChI is InChI=1S/C32H50IN3S/c1-5-9-15-23-35(24-16-10-6-2)28-21-22-30-31(34-27-19-13-14-20-29(27)37(30)33)32(28)36(25-17-11-7-3)26-18-12-8-4/h13-14,19-22H,5-12,15-18,23-26H2,1-4H3. The second-order valence-corrected chi connectivity index (χ2v) is 14.5. The first-order valence-corrected chi connectivity index (χ1v) is 18.8. The van der Waals surface area contributed by atoms with Gasteiger partial charge in [-0.05, 0) is 71.2 Å². The largest absolute Gasteiger partial charge is 0.370 e. The molecule has 3 nitrogen and oxygen atoms in total. The zero-order valence-electron chi connectivity index (χ0n) is 23.9. The molecule has 3 rings (SSSR count). The molecule has 1 aliphatic heterocycles. The maximum atomic E-state index is 5.41. The summed E-state index contributed by atoms with van der Waals surface area (Å²) in [4.78, 5) is 12.2. The third-order valence-corrected chi connectivity index (χ3v) is 11.7. The molecule has 2 aromatic carbocycles. The SMILES string of the molecule is CCCCCN(CCCCC)c1ccc2c(c1N(CCCCC)CCCCC)=Nc1ccccc1S=2I. The summed E-state index contributed by atoms with van der Waals surface area (Å²) >= 11 is 2.67. The Morgan fingerprint density at radius 3 is 1.70 bits per heavy atom. The van der Waals surface area contributed by atoms with Crippen LogP contribution in [0.15, 0.2) is 46.3 Å². The summed E-state index contributed by atoms with van der Waals surface area (Å²) in [7, 11) is 0.0145. The molecule has 0 N–H and O–H groups in total. The van der Waals surface area contributed by atoms with Crippen LogP contribution in [-0.2, 0) is 0 Å². The lowest BCUT2D eigenvalue weighted by molar-refractivity contribution is 0.623. The van der Waals surface area contributed by atoms with Gasteiger partial charge in [-0.3, -0.25) is 0 Å². The van der Waals surface area contributed by atoms with E-state index in [1.165, 1.54) is 103 Å². The molecule has 1 aliphatic rings. The van der Waals surface area contributed by atoms with Crippen molar-refractivity contribution in [2.45, 2.75) is 110 Å². The number of rotatable bonds is 18. The van der Waals surface area contributed by atoms with E-state index in [1.807, 2.05) is 0 Å². The van der Waals surface area contributed by atoms with E-state index in [-0.39, 0.29) is 7.66 Å². The van der Waals surface area contributed by atoms with E-state index < -0.39 is 0 Å². The Balaban J connectivity index is 2.18. The molecule has 1 unspecified atom stereocenters. The number of hydrogen-bond acceptors (Lipinski definition) is 3. The maximum absolute atomic E-state index is 5.41. The van der Waals surface area contributed by atoms with Crippen molar-refractivity contribution in [2.75, 3.05) is 36.0 Å². The van der Waals surface area contributed by atoms with Crippen LogP contribution in [0.2, 0.25) is 0 Å². The molecule has 1 atom stereocenters. The molecule has 0 aliphatic carbocycles. The van der Waals surface area contributed by atoms with Crippen molar-refractivity contribution >= 4 is 45.9 Å². The molecule has 0 fully saturated rings. The molecule has 0 amide bonds. The van der Waals surface area contributed by atoms with Crippen LogP contribution in [0, 0.1) is 4.51 Å². The van der Waals surface area contributed by atoms with Crippen molar-refractivity contribution in [3.63, 3.8) is 0 Å². The minimum atomic E-state index is 0.0145. The highest BCUT2D eigenvalue weighted by molar-refractivity contribution is 14.2. The van der Waals surface area contributed by atoms with E-state index in [2.05, 4.69) is 95.1 Å². The van der Waals surface area contributed by atoms with Crippen LogP contribution in [0.5, 0.6) is 0 Å². The normalized spacial score (nSPS) is 14.1. The third-order valence-electron chi connectivity index (χ3n) is 7.36. The van der Waals surface area contributed by atoms with Gasteiger partial charge in [-0.1, -0.05) is 98.8 Å². The Bertz CT molecular complexity index is 1060. The van der Waals surface area contributed by atoms with Gasteiger partial charge in [-0.15, -0.1) is 0 Å². The molecule has 0 saturated heterocycles. The number of benzene rings is 2. The molecule has 1 heterocycles. The van der Waals surface area contributed by atoms with Crippen molar-refractivity contribution < 1.29 is 0 Å². The molecule has 0 bridgehead atoms. The molecule has 0 saturated carbocycles. The van der Waals surface area contributed by atoms with Crippen molar-refractivity contribution in [1.29, 1.82) is 0 Å². The van der Waals surface area contributed by atoms with Crippen LogP contribution >= 0.6 is 28.9 Å². The van der Waals surface area contributed by atoms with Gasteiger partial charge in [0.2, 0.25) is 0 Å². The van der Waals surface area contributed by atoms with Crippen LogP contribution in [0.1, 0.15) is 105 Å². The fourth-order valence-electron chi connectivity index (χ4n) is 5.21. The molecule has 0 aromatic heterocycles. The minimum absolute atomic E-state index is 0.0145. The highest BCUT2D eigenvalue weighted by Gasteiger charge is 2.22. The smallest absolute Gasteiger partial charge is 0.103 e. The van der Waals surface area contributed by atoms with Gasteiger partial charge in [0.25, 0.3) is 0 Å². The molecule has 206 valence electrons. The van der Waals surface area contributed by atoms with Gasteiger partial charge in [-0.25, -0.2) is 4.99 Å². The Morgan fingerprint density at radius 1 is 0.649 bits per heavy atom. The van der Waals surface area contributed by atoms with Gasteiger partial charge < -0.3 is 9.80 Å². The van der Waals surface area contributed by atoms with E-state index >= 15 is 0 Å². The first kappa shape index (κ1) is 30.5. The average Bonchev–Trinajstić information content (AvgIpc) is 2.91. The summed E-state index contributed by atoms with van der Waals surface area (Å²) in [6.07, 6.45) is 15.3. The predicted octanol–water partition coefficient (Wildman–Crippen LogP) is 10.3. The number of nitrogens with zero attached hydrogens (tertiary/aromatic N) is 3. The minimum Gasteiger partial charge on any atom is -0.370 e. The number of halogens is 1. The molecular formula is C32H50IN3S. The lowest BCUT2D eigenvalue weighted by Gasteiger charge is -2.34. The fraction of sp³-hybridized carbons (Fsp3) is 0.625. The highest BCUT2D eigenvalue weighted by atomic mass is 127. The Morgan fingerprint density at radius 2 is 1.16 bits per heavy atom. The molecule has 37 heavy (non-hydrogen) atoms. The Hall–Kier alpha value is -1.08. The quantitative estimate of drug-likeness (QED) is 0.0922. The average molecular weight is 636 g/mol. The van der Waals surface area contributed by atoms with E-state index in [9.17, 15) is 0 Å². The third kappa shape index (κ3) is 8.45. The number of fused-ring (bicyclic) bond motifs is 2. The fourth-order valence-corrected chi connectivity index (χ4v) is 8.62. The van der Waals surface area contributed by atoms with Crippen molar-refractivity contribution in [3.8, 4) is 0 Å². The van der Waals surface area contributed by atoms with Gasteiger partial charge in [0.1, 0.15) is 5.36 Å². The van der Waals surface area contributed by atoms with Crippen LogP contribution in [-0.4, -0.2) is 26.2 Å². The predicted molar refractivity (Wildman–Crippen MR) is 175 cm³/mol. The van der Waals surface area contributed by atoms with Crippen LogP contribution in [0.4, 0.5) is 17.1 Å². The zero-order chi connectivity index (χ0) is 26.5. The Kier molecular flexibility index (Phi) is 13.8. The molecule has 0 spiro atoms. The molecular weight excluding hydrogens is 585 g/mol. The summed E-state index contributed by atoms with van der Waals surface area (Å²) in [6, 6.07) is 13.7. The van der Waals surface area contributed by atoms with Gasteiger partial charge >= 0.3 is 0 Å². The summed E-state index contributed by atoms with van der Waals surface area (Å²) in [6.45, 7) is 13.8. The molecule has 0 radical (unpaired) electrons. The monoisotopic (exact) mass is 635 g/mol.